The van der Waals surface area contributed by atoms with Gasteiger partial charge in [0, 0.05) is 41.9 Å². The quantitative estimate of drug-likeness (QED) is 0.129. The van der Waals surface area contributed by atoms with Crippen molar-refractivity contribution in [2.75, 3.05) is 7.11 Å². The lowest BCUT2D eigenvalue weighted by molar-refractivity contribution is 0.00371. The van der Waals surface area contributed by atoms with E-state index in [4.69, 9.17) is 25.8 Å². The van der Waals surface area contributed by atoms with Crippen molar-refractivity contribution in [3.8, 4) is 22.6 Å². The van der Waals surface area contributed by atoms with Gasteiger partial charge in [-0.3, -0.25) is 9.59 Å². The molecule has 256 valence electrons. The van der Waals surface area contributed by atoms with Gasteiger partial charge in [0.15, 0.2) is 0 Å². The maximum Gasteiger partial charge on any atom is 0.339 e. The first-order chi connectivity index (χ1) is 24.4. The standard InChI is InChI=1S/C41H39ClN2O6/c1-48-40(47)36-22-26(13-18-37(36)42)25-7-6-8-27(19-25)41(49-32-14-16-34-28(20-32)23-43(38(34)45)30-9-2-3-10-30)50-33-15-17-35-29(21-33)24-44(39(35)46)31-11-4-5-12-31/h6-8,13-22,30-31,41H,2-5,9-12,23-24H2,1H3. The molecule has 0 bridgehead atoms. The highest BCUT2D eigenvalue weighted by Gasteiger charge is 2.36. The second kappa shape index (κ2) is 13.5. The predicted molar refractivity (Wildman–Crippen MR) is 189 cm³/mol. The van der Waals surface area contributed by atoms with Crippen LogP contribution in [-0.2, 0) is 17.8 Å². The van der Waals surface area contributed by atoms with Gasteiger partial charge in [-0.15, -0.1) is 0 Å². The second-order valence-corrected chi connectivity index (χ2v) is 14.2. The summed E-state index contributed by atoms with van der Waals surface area (Å²) in [7, 11) is 1.33. The van der Waals surface area contributed by atoms with E-state index in [9.17, 15) is 14.4 Å². The van der Waals surface area contributed by atoms with Gasteiger partial charge >= 0.3 is 5.97 Å². The second-order valence-electron chi connectivity index (χ2n) is 13.8. The van der Waals surface area contributed by atoms with Gasteiger partial charge in [-0.05, 0) is 103 Å². The Balaban J connectivity index is 1.11. The molecule has 0 N–H and O–H groups in total. The fraction of sp³-hybridized carbons (Fsp3) is 0.341. The minimum Gasteiger partial charge on any atom is -0.465 e. The topological polar surface area (TPSA) is 85.4 Å². The van der Waals surface area contributed by atoms with Crippen molar-refractivity contribution < 1.29 is 28.6 Å². The Morgan fingerprint density at radius 3 is 1.78 bits per heavy atom. The van der Waals surface area contributed by atoms with E-state index in [0.29, 0.717) is 41.7 Å². The average Bonchev–Trinajstić information content (AvgIpc) is 3.96. The molecule has 2 aliphatic carbocycles. The van der Waals surface area contributed by atoms with E-state index in [-0.39, 0.29) is 17.4 Å². The summed E-state index contributed by atoms with van der Waals surface area (Å²) in [6, 6.07) is 24.9. The number of amides is 2. The molecule has 0 unspecified atom stereocenters. The van der Waals surface area contributed by atoms with E-state index < -0.39 is 12.3 Å². The molecule has 9 heteroatoms. The minimum atomic E-state index is -0.871. The number of esters is 1. The van der Waals surface area contributed by atoms with Crippen molar-refractivity contribution in [1.29, 1.82) is 0 Å². The molecule has 2 heterocycles. The molecule has 0 radical (unpaired) electrons. The molecule has 4 aliphatic rings. The summed E-state index contributed by atoms with van der Waals surface area (Å²) in [5, 5.41) is 0.310. The van der Waals surface area contributed by atoms with Gasteiger partial charge in [-0.25, -0.2) is 4.79 Å². The van der Waals surface area contributed by atoms with Crippen molar-refractivity contribution in [2.24, 2.45) is 0 Å². The maximum absolute atomic E-state index is 13.3. The molecule has 8 nitrogen and oxygen atoms in total. The van der Waals surface area contributed by atoms with Gasteiger partial charge in [-0.2, -0.15) is 0 Å². The van der Waals surface area contributed by atoms with Crippen LogP contribution in [0.4, 0.5) is 0 Å². The SMILES string of the molecule is COC(=O)c1cc(-c2cccc(C(Oc3ccc4c(c3)CN(C3CCCC3)C4=O)Oc3ccc4c(c3)CN(C3CCCC3)C4=O)c2)ccc1Cl. The third-order valence-corrected chi connectivity index (χ3v) is 11.0. The smallest absolute Gasteiger partial charge is 0.339 e. The number of hydrogen-bond donors (Lipinski definition) is 0. The fourth-order valence-electron chi connectivity index (χ4n) is 8.05. The van der Waals surface area contributed by atoms with Crippen LogP contribution >= 0.6 is 11.6 Å². The number of carbonyl (C=O) groups excluding carboxylic acids is 3. The van der Waals surface area contributed by atoms with E-state index >= 15 is 0 Å². The average molecular weight is 691 g/mol. The third kappa shape index (κ3) is 6.10. The number of carbonyl (C=O) groups is 3. The highest BCUT2D eigenvalue weighted by atomic mass is 35.5. The molecule has 2 aliphatic heterocycles. The fourth-order valence-corrected chi connectivity index (χ4v) is 8.25. The summed E-state index contributed by atoms with van der Waals surface area (Å²) in [5.41, 5.74) is 5.98. The molecule has 2 fully saturated rings. The molecule has 0 aromatic heterocycles. The molecule has 2 amide bonds. The minimum absolute atomic E-state index is 0.0903. The summed E-state index contributed by atoms with van der Waals surface area (Å²) in [6.07, 6.45) is 7.97. The van der Waals surface area contributed by atoms with Crippen molar-refractivity contribution in [2.45, 2.75) is 82.8 Å². The normalized spacial score (nSPS) is 17.5. The Hall–Kier alpha value is -4.82. The number of halogens is 1. The number of fused-ring (bicyclic) bond motifs is 2. The Morgan fingerprint density at radius 2 is 1.24 bits per heavy atom. The van der Waals surface area contributed by atoms with Crippen LogP contribution in [0.25, 0.3) is 11.1 Å². The number of hydrogen-bond acceptors (Lipinski definition) is 6. The van der Waals surface area contributed by atoms with Crippen LogP contribution in [0.1, 0.15) is 105 Å². The highest BCUT2D eigenvalue weighted by molar-refractivity contribution is 6.33. The summed E-state index contributed by atoms with van der Waals surface area (Å²) in [5.74, 6) is 0.841. The molecular weight excluding hydrogens is 652 g/mol. The van der Waals surface area contributed by atoms with Crippen LogP contribution < -0.4 is 9.47 Å². The molecule has 4 aromatic carbocycles. The molecular formula is C41H39ClN2O6. The molecule has 0 atom stereocenters. The van der Waals surface area contributed by atoms with Crippen molar-refractivity contribution >= 4 is 29.4 Å². The zero-order chi connectivity index (χ0) is 34.4. The first-order valence-electron chi connectivity index (χ1n) is 17.6. The number of benzene rings is 4. The van der Waals surface area contributed by atoms with Crippen molar-refractivity contribution in [3.05, 3.63) is 117 Å². The van der Waals surface area contributed by atoms with E-state index in [0.717, 1.165) is 90.3 Å². The largest absolute Gasteiger partial charge is 0.465 e. The van der Waals surface area contributed by atoms with Gasteiger partial charge < -0.3 is 24.0 Å². The lowest BCUT2D eigenvalue weighted by Crippen LogP contribution is -2.33. The van der Waals surface area contributed by atoms with Gasteiger partial charge in [0.1, 0.15) is 11.5 Å². The number of methoxy groups -OCH3 is 1. The van der Waals surface area contributed by atoms with Crippen LogP contribution in [0.3, 0.4) is 0 Å². The van der Waals surface area contributed by atoms with E-state index in [1.54, 1.807) is 12.1 Å². The maximum atomic E-state index is 13.3. The van der Waals surface area contributed by atoms with Crippen LogP contribution in [-0.4, -0.2) is 46.8 Å². The first-order valence-corrected chi connectivity index (χ1v) is 17.9. The van der Waals surface area contributed by atoms with Crippen LogP contribution in [0.5, 0.6) is 11.5 Å². The zero-order valence-corrected chi connectivity index (χ0v) is 28.8. The Kier molecular flexibility index (Phi) is 8.73. The summed E-state index contributed by atoms with van der Waals surface area (Å²) < 4.78 is 18.2. The predicted octanol–water partition coefficient (Wildman–Crippen LogP) is 8.75. The summed E-state index contributed by atoms with van der Waals surface area (Å²) >= 11 is 6.32. The van der Waals surface area contributed by atoms with Gasteiger partial charge in [0.25, 0.3) is 18.1 Å². The van der Waals surface area contributed by atoms with Crippen LogP contribution in [0.15, 0.2) is 78.9 Å². The summed E-state index contributed by atoms with van der Waals surface area (Å²) in [4.78, 5) is 43.0. The molecule has 2 saturated carbocycles. The van der Waals surface area contributed by atoms with Gasteiger partial charge in [0.2, 0.25) is 0 Å². The molecule has 8 rings (SSSR count). The zero-order valence-electron chi connectivity index (χ0n) is 28.0. The first kappa shape index (κ1) is 32.4. The van der Waals surface area contributed by atoms with Crippen LogP contribution in [0.2, 0.25) is 5.02 Å². The third-order valence-electron chi connectivity index (χ3n) is 10.7. The molecule has 4 aromatic rings. The van der Waals surface area contributed by atoms with Gasteiger partial charge in [0.05, 0.1) is 17.7 Å². The van der Waals surface area contributed by atoms with Crippen molar-refractivity contribution in [3.63, 3.8) is 0 Å². The Bertz CT molecular complexity index is 1890. The van der Waals surface area contributed by atoms with Crippen LogP contribution in [0, 0.1) is 0 Å². The monoisotopic (exact) mass is 690 g/mol. The molecule has 50 heavy (non-hydrogen) atoms. The summed E-state index contributed by atoms with van der Waals surface area (Å²) in [6.45, 7) is 1.15. The lowest BCUT2D eigenvalue weighted by atomic mass is 10.0. The van der Waals surface area contributed by atoms with E-state index in [1.807, 2.05) is 76.5 Å². The van der Waals surface area contributed by atoms with E-state index in [1.165, 1.54) is 7.11 Å². The Labute approximate surface area is 296 Å². The number of rotatable bonds is 9. The van der Waals surface area contributed by atoms with E-state index in [2.05, 4.69) is 0 Å². The van der Waals surface area contributed by atoms with Gasteiger partial charge in [-0.1, -0.05) is 61.5 Å². The highest BCUT2D eigenvalue weighted by Crippen LogP contribution is 2.38. The van der Waals surface area contributed by atoms with Crippen molar-refractivity contribution in [1.82, 2.24) is 9.80 Å². The lowest BCUT2D eigenvalue weighted by Gasteiger charge is -2.23. The molecule has 0 saturated heterocycles. The number of ether oxygens (including phenoxy) is 3. The Morgan fingerprint density at radius 1 is 0.700 bits per heavy atom. The number of nitrogens with zero attached hydrogens (tertiary/aromatic N) is 2. The molecule has 0 spiro atoms.